The van der Waals surface area contributed by atoms with Crippen molar-refractivity contribution in [2.24, 2.45) is 0 Å². The highest BCUT2D eigenvalue weighted by Crippen LogP contribution is 2.33. The number of benzene rings is 4. The van der Waals surface area contributed by atoms with Crippen molar-refractivity contribution >= 4 is 45.0 Å². The maximum atomic E-state index is 12.9. The van der Waals surface area contributed by atoms with E-state index in [0.717, 1.165) is 21.0 Å². The Morgan fingerprint density at radius 1 is 0.842 bits per heavy atom. The van der Waals surface area contributed by atoms with Crippen molar-refractivity contribution in [1.29, 1.82) is 0 Å². The first-order valence-electron chi connectivity index (χ1n) is 11.7. The Labute approximate surface area is 226 Å². The molecule has 0 radical (unpaired) electrons. The van der Waals surface area contributed by atoms with E-state index in [-0.39, 0.29) is 22.8 Å². The zero-order valence-corrected chi connectivity index (χ0v) is 22.4. The molecule has 4 rings (SSSR count). The van der Waals surface area contributed by atoms with Gasteiger partial charge in [0.2, 0.25) is 5.91 Å². The first kappa shape index (κ1) is 27.0. The van der Waals surface area contributed by atoms with Crippen LogP contribution in [-0.2, 0) is 26.0 Å². The Kier molecular flexibility index (Phi) is 8.50. The standard InChI is InChI=1S/C29H26N2O5S2/c1-20-17-21(15-16-25(20)31-38(34,35)24-12-8-9-22(19-24)29(33)36-2)18-28(32)30-26-13-6-7-14-27(26)37-23-10-4-3-5-11-23/h3-17,19,31H,18H2,1-2H3,(H,30,32). The van der Waals surface area contributed by atoms with Crippen LogP contribution in [0, 0.1) is 6.92 Å². The minimum atomic E-state index is -3.95. The number of ether oxygens (including phenoxy) is 1. The van der Waals surface area contributed by atoms with Gasteiger partial charge in [-0.3, -0.25) is 9.52 Å². The number of methoxy groups -OCH3 is 1. The first-order valence-corrected chi connectivity index (χ1v) is 14.0. The van der Waals surface area contributed by atoms with Crippen LogP contribution >= 0.6 is 11.8 Å². The molecule has 0 heterocycles. The second-order valence-corrected chi connectivity index (χ2v) is 11.2. The number of para-hydroxylation sites is 1. The number of rotatable bonds is 9. The lowest BCUT2D eigenvalue weighted by Crippen LogP contribution is -2.16. The molecule has 4 aromatic carbocycles. The average Bonchev–Trinajstić information content (AvgIpc) is 2.91. The largest absolute Gasteiger partial charge is 0.465 e. The summed E-state index contributed by atoms with van der Waals surface area (Å²) >= 11 is 1.57. The monoisotopic (exact) mass is 546 g/mol. The minimum absolute atomic E-state index is 0.0599. The van der Waals surface area contributed by atoms with Gasteiger partial charge in [0.25, 0.3) is 10.0 Å². The number of esters is 1. The molecule has 0 bridgehead atoms. The van der Waals surface area contributed by atoms with Gasteiger partial charge >= 0.3 is 5.97 Å². The Balaban J connectivity index is 1.44. The number of carbonyl (C=O) groups is 2. The third kappa shape index (κ3) is 6.81. The predicted molar refractivity (Wildman–Crippen MR) is 149 cm³/mol. The van der Waals surface area contributed by atoms with E-state index in [1.165, 1.54) is 31.4 Å². The molecular formula is C29H26N2O5S2. The van der Waals surface area contributed by atoms with Gasteiger partial charge in [-0.15, -0.1) is 0 Å². The van der Waals surface area contributed by atoms with E-state index in [1.807, 2.05) is 54.6 Å². The third-order valence-electron chi connectivity index (χ3n) is 5.60. The molecule has 0 aliphatic carbocycles. The molecule has 4 aromatic rings. The average molecular weight is 547 g/mol. The van der Waals surface area contributed by atoms with Crippen LogP contribution in [0.25, 0.3) is 0 Å². The van der Waals surface area contributed by atoms with Crippen molar-refractivity contribution in [3.8, 4) is 0 Å². The van der Waals surface area contributed by atoms with Gasteiger partial charge < -0.3 is 10.1 Å². The van der Waals surface area contributed by atoms with E-state index in [0.29, 0.717) is 11.3 Å². The number of aryl methyl sites for hydroxylation is 1. The van der Waals surface area contributed by atoms with E-state index in [9.17, 15) is 18.0 Å². The van der Waals surface area contributed by atoms with E-state index >= 15 is 0 Å². The molecule has 194 valence electrons. The summed E-state index contributed by atoms with van der Waals surface area (Å²) in [6.07, 6.45) is 0.124. The summed E-state index contributed by atoms with van der Waals surface area (Å²) < 4.78 is 33.1. The summed E-state index contributed by atoms with van der Waals surface area (Å²) in [6, 6.07) is 28.3. The lowest BCUT2D eigenvalue weighted by molar-refractivity contribution is -0.115. The van der Waals surface area contributed by atoms with Crippen LogP contribution in [0.15, 0.2) is 112 Å². The van der Waals surface area contributed by atoms with Gasteiger partial charge in [0, 0.05) is 9.79 Å². The SMILES string of the molecule is COC(=O)c1cccc(S(=O)(=O)Nc2ccc(CC(=O)Nc3ccccc3Sc3ccccc3)cc2C)c1. The second kappa shape index (κ2) is 12.0. The lowest BCUT2D eigenvalue weighted by atomic mass is 10.1. The molecule has 9 heteroatoms. The fourth-order valence-corrected chi connectivity index (χ4v) is 5.82. The molecule has 0 saturated carbocycles. The van der Waals surface area contributed by atoms with E-state index < -0.39 is 16.0 Å². The highest BCUT2D eigenvalue weighted by atomic mass is 32.2. The quantitative estimate of drug-likeness (QED) is 0.253. The number of sulfonamides is 1. The first-order chi connectivity index (χ1) is 18.2. The summed E-state index contributed by atoms with van der Waals surface area (Å²) in [4.78, 5) is 26.6. The molecule has 0 atom stereocenters. The highest BCUT2D eigenvalue weighted by Gasteiger charge is 2.18. The topological polar surface area (TPSA) is 102 Å². The van der Waals surface area contributed by atoms with Gasteiger partial charge in [0.05, 0.1) is 35.4 Å². The van der Waals surface area contributed by atoms with Crippen LogP contribution in [0.4, 0.5) is 11.4 Å². The van der Waals surface area contributed by atoms with Gasteiger partial charge in [-0.05, 0) is 66.6 Å². The number of amides is 1. The van der Waals surface area contributed by atoms with Crippen LogP contribution in [-0.4, -0.2) is 27.4 Å². The molecule has 0 spiro atoms. The molecule has 0 fully saturated rings. The highest BCUT2D eigenvalue weighted by molar-refractivity contribution is 7.99. The van der Waals surface area contributed by atoms with Crippen molar-refractivity contribution in [3.05, 3.63) is 114 Å². The molecule has 38 heavy (non-hydrogen) atoms. The van der Waals surface area contributed by atoms with Crippen LogP contribution in [0.1, 0.15) is 21.5 Å². The van der Waals surface area contributed by atoms with Crippen molar-refractivity contribution in [1.82, 2.24) is 0 Å². The normalized spacial score (nSPS) is 11.0. The van der Waals surface area contributed by atoms with Crippen molar-refractivity contribution in [2.45, 2.75) is 28.0 Å². The smallest absolute Gasteiger partial charge is 0.337 e. The van der Waals surface area contributed by atoms with Crippen molar-refractivity contribution in [3.63, 3.8) is 0 Å². The lowest BCUT2D eigenvalue weighted by Gasteiger charge is -2.13. The second-order valence-electron chi connectivity index (χ2n) is 8.41. The van der Waals surface area contributed by atoms with E-state index in [1.54, 1.807) is 36.9 Å². The van der Waals surface area contributed by atoms with Crippen LogP contribution in [0.3, 0.4) is 0 Å². The Bertz CT molecular complexity index is 1570. The van der Waals surface area contributed by atoms with Gasteiger partial charge in [-0.25, -0.2) is 13.2 Å². The van der Waals surface area contributed by atoms with Crippen LogP contribution in [0.2, 0.25) is 0 Å². The molecule has 2 N–H and O–H groups in total. The fraction of sp³-hybridized carbons (Fsp3) is 0.103. The number of hydrogen-bond donors (Lipinski definition) is 2. The predicted octanol–water partition coefficient (Wildman–Crippen LogP) is 5.91. The summed E-state index contributed by atoms with van der Waals surface area (Å²) in [5, 5.41) is 2.98. The molecule has 0 aromatic heterocycles. The van der Waals surface area contributed by atoms with Gasteiger partial charge in [0.1, 0.15) is 0 Å². The van der Waals surface area contributed by atoms with Crippen molar-refractivity contribution in [2.75, 3.05) is 17.1 Å². The summed E-state index contributed by atoms with van der Waals surface area (Å²) in [5.74, 6) is -0.805. The maximum absolute atomic E-state index is 12.9. The third-order valence-corrected chi connectivity index (χ3v) is 8.04. The maximum Gasteiger partial charge on any atom is 0.337 e. The summed E-state index contributed by atoms with van der Waals surface area (Å²) in [5.41, 5.74) is 2.63. The minimum Gasteiger partial charge on any atom is -0.465 e. The van der Waals surface area contributed by atoms with E-state index in [2.05, 4.69) is 14.8 Å². The zero-order chi connectivity index (χ0) is 27.1. The number of carbonyl (C=O) groups excluding carboxylic acids is 2. The zero-order valence-electron chi connectivity index (χ0n) is 20.8. The molecular weight excluding hydrogens is 520 g/mol. The van der Waals surface area contributed by atoms with Crippen molar-refractivity contribution < 1.29 is 22.7 Å². The number of hydrogen-bond acceptors (Lipinski definition) is 6. The molecule has 0 unspecified atom stereocenters. The molecule has 1 amide bonds. The van der Waals surface area contributed by atoms with Gasteiger partial charge in [-0.2, -0.15) is 0 Å². The van der Waals surface area contributed by atoms with Gasteiger partial charge in [-0.1, -0.05) is 60.3 Å². The molecule has 0 aliphatic heterocycles. The molecule has 7 nitrogen and oxygen atoms in total. The Morgan fingerprint density at radius 2 is 1.58 bits per heavy atom. The van der Waals surface area contributed by atoms with Crippen LogP contribution in [0.5, 0.6) is 0 Å². The molecule has 0 saturated heterocycles. The molecule has 0 aliphatic rings. The Hall–Kier alpha value is -4.08. The van der Waals surface area contributed by atoms with Gasteiger partial charge in [0.15, 0.2) is 0 Å². The number of anilines is 2. The Morgan fingerprint density at radius 3 is 2.32 bits per heavy atom. The fourth-order valence-electron chi connectivity index (χ4n) is 3.72. The summed E-state index contributed by atoms with van der Waals surface area (Å²) in [6.45, 7) is 1.76. The van der Waals surface area contributed by atoms with E-state index in [4.69, 9.17) is 0 Å². The summed E-state index contributed by atoms with van der Waals surface area (Å²) in [7, 11) is -2.72. The van der Waals surface area contributed by atoms with Crippen LogP contribution < -0.4 is 10.0 Å². The number of nitrogens with one attached hydrogen (secondary N) is 2.